The van der Waals surface area contributed by atoms with Crippen LogP contribution in [0, 0.1) is 6.92 Å². The number of rotatable bonds is 5. The Bertz CT molecular complexity index is 1370. The van der Waals surface area contributed by atoms with Crippen LogP contribution in [0.1, 0.15) is 5.56 Å². The first-order chi connectivity index (χ1) is 16.2. The maximum absolute atomic E-state index is 2.28. The second kappa shape index (κ2) is 9.18. The summed E-state index contributed by atoms with van der Waals surface area (Å²) in [5.41, 5.74) is 11.0. The molecule has 0 aliphatic carbocycles. The molecule has 0 aliphatic heterocycles. The van der Waals surface area contributed by atoms with Crippen LogP contribution in [0.4, 0.5) is 11.4 Å². The van der Waals surface area contributed by atoms with Gasteiger partial charge in [-0.3, -0.25) is 0 Å². The largest absolute Gasteiger partial charge is 0.345 e. The van der Waals surface area contributed by atoms with E-state index in [1.807, 2.05) is 6.07 Å². The van der Waals surface area contributed by atoms with Crippen molar-refractivity contribution < 1.29 is 0 Å². The van der Waals surface area contributed by atoms with Gasteiger partial charge in [-0.1, -0.05) is 96.6 Å². The predicted octanol–water partition coefficient (Wildman–Crippen LogP) is 8.76. The number of benzene rings is 5. The molecule has 5 aromatic carbocycles. The molecular formula is C32H27N. The number of nitrogens with zero attached hydrogens (tertiary/aromatic N) is 1. The smallest absolute Gasteiger partial charge is 0.0408 e. The summed E-state index contributed by atoms with van der Waals surface area (Å²) < 4.78 is 0. The standard InChI is InChI=1S/C32H27N/c1-24-9-6-10-26(21-24)28-12-8-14-30(23-28)29-13-7-11-27(22-29)25-17-19-32(20-18-25)33(2)31-15-4-3-5-16-31/h3-23H,1-2H3. The molecule has 1 nitrogen and oxygen atoms in total. The van der Waals surface area contributed by atoms with Gasteiger partial charge in [-0.2, -0.15) is 0 Å². The fourth-order valence-electron chi connectivity index (χ4n) is 4.26. The number of hydrogen-bond acceptors (Lipinski definition) is 1. The maximum Gasteiger partial charge on any atom is 0.0408 e. The highest BCUT2D eigenvalue weighted by Gasteiger charge is 2.07. The van der Waals surface area contributed by atoms with E-state index in [0.29, 0.717) is 0 Å². The summed E-state index contributed by atoms with van der Waals surface area (Å²) in [5.74, 6) is 0. The summed E-state index contributed by atoms with van der Waals surface area (Å²) in [6.07, 6.45) is 0. The minimum Gasteiger partial charge on any atom is -0.345 e. The van der Waals surface area contributed by atoms with Gasteiger partial charge in [0, 0.05) is 18.4 Å². The van der Waals surface area contributed by atoms with Gasteiger partial charge in [0.2, 0.25) is 0 Å². The molecule has 5 rings (SSSR count). The van der Waals surface area contributed by atoms with Crippen LogP contribution in [-0.4, -0.2) is 7.05 Å². The zero-order chi connectivity index (χ0) is 22.6. The first-order valence-electron chi connectivity index (χ1n) is 11.3. The molecule has 0 aromatic heterocycles. The molecule has 160 valence electrons. The lowest BCUT2D eigenvalue weighted by Gasteiger charge is -2.19. The van der Waals surface area contributed by atoms with Crippen LogP contribution < -0.4 is 4.90 Å². The molecule has 0 unspecified atom stereocenters. The van der Waals surface area contributed by atoms with Crippen molar-refractivity contribution in [2.24, 2.45) is 0 Å². The Morgan fingerprint density at radius 1 is 0.394 bits per heavy atom. The maximum atomic E-state index is 2.28. The van der Waals surface area contributed by atoms with Crippen molar-refractivity contribution in [3.8, 4) is 33.4 Å². The number of hydrogen-bond donors (Lipinski definition) is 0. The fraction of sp³-hybridized carbons (Fsp3) is 0.0625. The molecular weight excluding hydrogens is 398 g/mol. The van der Waals surface area contributed by atoms with Gasteiger partial charge in [0.1, 0.15) is 0 Å². The zero-order valence-corrected chi connectivity index (χ0v) is 19.1. The van der Waals surface area contributed by atoms with Gasteiger partial charge in [-0.15, -0.1) is 0 Å². The molecule has 0 saturated carbocycles. The van der Waals surface area contributed by atoms with Gasteiger partial charge in [-0.05, 0) is 76.7 Å². The van der Waals surface area contributed by atoms with Crippen molar-refractivity contribution in [3.05, 3.63) is 133 Å². The summed E-state index contributed by atoms with van der Waals surface area (Å²) in [6, 6.07) is 45.5. The second-order valence-electron chi connectivity index (χ2n) is 8.47. The van der Waals surface area contributed by atoms with Crippen LogP contribution in [0.25, 0.3) is 33.4 Å². The average molecular weight is 426 g/mol. The van der Waals surface area contributed by atoms with Crippen LogP contribution >= 0.6 is 0 Å². The summed E-state index contributed by atoms with van der Waals surface area (Å²) >= 11 is 0. The number of aryl methyl sites for hydroxylation is 1. The quantitative estimate of drug-likeness (QED) is 0.272. The van der Waals surface area contributed by atoms with Crippen molar-refractivity contribution in [2.75, 3.05) is 11.9 Å². The van der Waals surface area contributed by atoms with Crippen LogP contribution in [0.3, 0.4) is 0 Å². The molecule has 0 amide bonds. The van der Waals surface area contributed by atoms with Gasteiger partial charge in [0.15, 0.2) is 0 Å². The van der Waals surface area contributed by atoms with E-state index in [0.717, 1.165) is 0 Å². The lowest BCUT2D eigenvalue weighted by Crippen LogP contribution is -2.08. The van der Waals surface area contributed by atoms with Gasteiger partial charge in [0.05, 0.1) is 0 Å². The van der Waals surface area contributed by atoms with Crippen molar-refractivity contribution in [1.82, 2.24) is 0 Å². The molecule has 0 atom stereocenters. The predicted molar refractivity (Wildman–Crippen MR) is 142 cm³/mol. The third-order valence-electron chi connectivity index (χ3n) is 6.14. The molecule has 1 heteroatoms. The van der Waals surface area contributed by atoms with Crippen molar-refractivity contribution >= 4 is 11.4 Å². The Hall–Kier alpha value is -4.10. The monoisotopic (exact) mass is 425 g/mol. The third kappa shape index (κ3) is 4.58. The zero-order valence-electron chi connectivity index (χ0n) is 19.1. The van der Waals surface area contributed by atoms with Gasteiger partial charge in [-0.25, -0.2) is 0 Å². The molecule has 0 N–H and O–H groups in total. The fourth-order valence-corrected chi connectivity index (χ4v) is 4.26. The molecule has 5 aromatic rings. The lowest BCUT2D eigenvalue weighted by atomic mass is 9.96. The third-order valence-corrected chi connectivity index (χ3v) is 6.14. The summed E-state index contributed by atoms with van der Waals surface area (Å²) in [6.45, 7) is 2.14. The summed E-state index contributed by atoms with van der Waals surface area (Å²) in [4.78, 5) is 2.21. The van der Waals surface area contributed by atoms with Crippen LogP contribution in [0.15, 0.2) is 127 Å². The first kappa shape index (κ1) is 20.8. The topological polar surface area (TPSA) is 3.24 Å². The highest BCUT2D eigenvalue weighted by atomic mass is 15.1. The van der Waals surface area contributed by atoms with Crippen molar-refractivity contribution in [3.63, 3.8) is 0 Å². The Kier molecular flexibility index (Phi) is 5.78. The Morgan fingerprint density at radius 2 is 0.848 bits per heavy atom. The van der Waals surface area contributed by atoms with Gasteiger partial charge in [0.25, 0.3) is 0 Å². The van der Waals surface area contributed by atoms with E-state index in [1.165, 1.54) is 50.3 Å². The van der Waals surface area contributed by atoms with Gasteiger partial charge >= 0.3 is 0 Å². The summed E-state index contributed by atoms with van der Waals surface area (Å²) in [5, 5.41) is 0. The highest BCUT2D eigenvalue weighted by Crippen LogP contribution is 2.31. The molecule has 0 aliphatic rings. The van der Waals surface area contributed by atoms with Crippen molar-refractivity contribution in [1.29, 1.82) is 0 Å². The second-order valence-corrected chi connectivity index (χ2v) is 8.47. The number of para-hydroxylation sites is 1. The van der Waals surface area contributed by atoms with E-state index < -0.39 is 0 Å². The molecule has 0 spiro atoms. The SMILES string of the molecule is Cc1cccc(-c2cccc(-c3cccc(-c4ccc(N(C)c5ccccc5)cc4)c3)c2)c1. The van der Waals surface area contributed by atoms with E-state index in [4.69, 9.17) is 0 Å². The van der Waals surface area contributed by atoms with E-state index in [2.05, 4.69) is 140 Å². The first-order valence-corrected chi connectivity index (χ1v) is 11.3. The molecule has 0 fully saturated rings. The normalized spacial score (nSPS) is 10.7. The highest BCUT2D eigenvalue weighted by molar-refractivity contribution is 5.78. The van der Waals surface area contributed by atoms with E-state index >= 15 is 0 Å². The summed E-state index contributed by atoms with van der Waals surface area (Å²) in [7, 11) is 2.10. The Morgan fingerprint density at radius 3 is 1.39 bits per heavy atom. The molecule has 0 heterocycles. The van der Waals surface area contributed by atoms with Crippen LogP contribution in [0.5, 0.6) is 0 Å². The molecule has 0 radical (unpaired) electrons. The Labute approximate surface area is 196 Å². The lowest BCUT2D eigenvalue weighted by molar-refractivity contribution is 1.21. The average Bonchev–Trinajstić information content (AvgIpc) is 2.89. The molecule has 0 bridgehead atoms. The van der Waals surface area contributed by atoms with Gasteiger partial charge < -0.3 is 4.90 Å². The minimum atomic E-state index is 1.17. The molecule has 33 heavy (non-hydrogen) atoms. The van der Waals surface area contributed by atoms with E-state index in [9.17, 15) is 0 Å². The van der Waals surface area contributed by atoms with E-state index in [1.54, 1.807) is 0 Å². The van der Waals surface area contributed by atoms with Crippen molar-refractivity contribution in [2.45, 2.75) is 6.92 Å². The van der Waals surface area contributed by atoms with Crippen LogP contribution in [0.2, 0.25) is 0 Å². The number of anilines is 2. The van der Waals surface area contributed by atoms with Crippen LogP contribution in [-0.2, 0) is 0 Å². The molecule has 0 saturated heterocycles. The Balaban J connectivity index is 1.43. The van der Waals surface area contributed by atoms with E-state index in [-0.39, 0.29) is 0 Å². The minimum absolute atomic E-state index is 1.17.